The Labute approximate surface area is 487 Å². The average Bonchev–Trinajstić information content (AvgIpc) is 3.45. The molecular weight excluding hydrogens is 973 g/mol. The zero-order chi connectivity index (χ0) is 57.1. The van der Waals surface area contributed by atoms with E-state index in [1.54, 1.807) is 6.08 Å². The van der Waals surface area contributed by atoms with Gasteiger partial charge in [-0.3, -0.25) is 14.4 Å². The number of allylic oxidation sites excluding steroid dienone is 23. The van der Waals surface area contributed by atoms with Gasteiger partial charge in [-0.15, -0.1) is 0 Å². The van der Waals surface area contributed by atoms with Gasteiger partial charge in [-0.05, 0) is 103 Å². The summed E-state index contributed by atoms with van der Waals surface area (Å²) in [6, 6.07) is 0. The van der Waals surface area contributed by atoms with Crippen molar-refractivity contribution >= 4 is 17.9 Å². The van der Waals surface area contributed by atoms with E-state index in [1.807, 2.05) is 6.08 Å². The molecule has 6 nitrogen and oxygen atoms in total. The van der Waals surface area contributed by atoms with Gasteiger partial charge < -0.3 is 14.2 Å². The molecule has 0 aromatic heterocycles. The summed E-state index contributed by atoms with van der Waals surface area (Å²) in [6.07, 6.45) is 94.5. The first-order valence-electron chi connectivity index (χ1n) is 32.3. The summed E-state index contributed by atoms with van der Waals surface area (Å²) in [5.41, 5.74) is 0. The van der Waals surface area contributed by atoms with Gasteiger partial charge in [0.05, 0.1) is 6.42 Å². The Morgan fingerprint density at radius 3 is 0.835 bits per heavy atom. The van der Waals surface area contributed by atoms with E-state index in [0.717, 1.165) is 116 Å². The van der Waals surface area contributed by atoms with Gasteiger partial charge >= 0.3 is 17.9 Å². The molecule has 0 heterocycles. The van der Waals surface area contributed by atoms with E-state index in [4.69, 9.17) is 14.2 Å². The van der Waals surface area contributed by atoms with Crippen LogP contribution in [0.4, 0.5) is 0 Å². The minimum atomic E-state index is -0.839. The fourth-order valence-electron chi connectivity index (χ4n) is 8.62. The number of unbranched alkanes of at least 4 members (excludes halogenated alkanes) is 23. The van der Waals surface area contributed by atoms with Crippen LogP contribution in [0.3, 0.4) is 0 Å². The van der Waals surface area contributed by atoms with Crippen molar-refractivity contribution in [1.29, 1.82) is 0 Å². The Kier molecular flexibility index (Phi) is 61.9. The Morgan fingerprint density at radius 1 is 0.278 bits per heavy atom. The molecule has 0 rings (SSSR count). The summed E-state index contributed by atoms with van der Waals surface area (Å²) < 4.78 is 16.8. The molecule has 0 N–H and O–H groups in total. The van der Waals surface area contributed by atoms with E-state index in [1.165, 1.54) is 116 Å². The van der Waals surface area contributed by atoms with Gasteiger partial charge in [0, 0.05) is 12.8 Å². The normalized spacial score (nSPS) is 13.1. The Hall–Kier alpha value is -4.71. The molecule has 0 aliphatic carbocycles. The summed E-state index contributed by atoms with van der Waals surface area (Å²) in [5, 5.41) is 0. The fraction of sp³-hybridized carbons (Fsp3) is 0.630. The van der Waals surface area contributed by atoms with Gasteiger partial charge in [-0.2, -0.15) is 0 Å². The highest BCUT2D eigenvalue weighted by Crippen LogP contribution is 2.16. The number of carbonyl (C=O) groups excluding carboxylic acids is 3. The maximum Gasteiger partial charge on any atom is 0.310 e. The monoisotopic (exact) mass is 1090 g/mol. The molecule has 1 unspecified atom stereocenters. The van der Waals surface area contributed by atoms with Crippen molar-refractivity contribution in [2.24, 2.45) is 0 Å². The van der Waals surface area contributed by atoms with E-state index in [2.05, 4.69) is 154 Å². The lowest BCUT2D eigenvalue weighted by Gasteiger charge is -2.18. The second kappa shape index (κ2) is 65.8. The molecule has 1 atom stereocenters. The summed E-state index contributed by atoms with van der Waals surface area (Å²) >= 11 is 0. The molecular formula is C73H118O6. The summed E-state index contributed by atoms with van der Waals surface area (Å²) in [4.78, 5) is 38.2. The van der Waals surface area contributed by atoms with Gasteiger partial charge in [0.1, 0.15) is 13.2 Å². The van der Waals surface area contributed by atoms with Crippen LogP contribution in [0, 0.1) is 0 Å². The first-order valence-corrected chi connectivity index (χ1v) is 32.3. The van der Waals surface area contributed by atoms with Gasteiger partial charge in [-0.25, -0.2) is 0 Å². The quantitative estimate of drug-likeness (QED) is 0.0261. The molecule has 0 saturated carbocycles. The highest BCUT2D eigenvalue weighted by atomic mass is 16.6. The van der Waals surface area contributed by atoms with Crippen LogP contribution in [0.15, 0.2) is 146 Å². The smallest absolute Gasteiger partial charge is 0.310 e. The van der Waals surface area contributed by atoms with Crippen LogP contribution < -0.4 is 0 Å². The van der Waals surface area contributed by atoms with Crippen molar-refractivity contribution in [1.82, 2.24) is 0 Å². The lowest BCUT2D eigenvalue weighted by Crippen LogP contribution is -2.30. The summed E-state index contributed by atoms with van der Waals surface area (Å²) in [5.74, 6) is -1.06. The first kappa shape index (κ1) is 74.3. The van der Waals surface area contributed by atoms with Crippen LogP contribution in [-0.4, -0.2) is 37.2 Å². The molecule has 0 aliphatic heterocycles. The predicted molar refractivity (Wildman–Crippen MR) is 343 cm³/mol. The first-order chi connectivity index (χ1) is 39.0. The SMILES string of the molecule is CC/C=C\C/C=C\C/C=C\C/C=C\C/C=C\C/C=C\C/C=C\CCCCCCCCCCCC(=O)OCC(COC(=O)CCCCCCCCCCCCCCCCC)OC(=O)C/C=C\C/C=C\C/C=C\C/C=C\C/C=C\CC. The van der Waals surface area contributed by atoms with Crippen molar-refractivity contribution in [2.45, 2.75) is 284 Å². The molecule has 0 aromatic rings. The second-order valence-electron chi connectivity index (χ2n) is 20.9. The molecule has 79 heavy (non-hydrogen) atoms. The van der Waals surface area contributed by atoms with E-state index < -0.39 is 12.1 Å². The van der Waals surface area contributed by atoms with E-state index in [0.29, 0.717) is 19.3 Å². The number of carbonyl (C=O) groups is 3. The van der Waals surface area contributed by atoms with Crippen molar-refractivity contribution in [3.05, 3.63) is 146 Å². The molecule has 0 fully saturated rings. The summed E-state index contributed by atoms with van der Waals surface area (Å²) in [6.45, 7) is 6.33. The minimum Gasteiger partial charge on any atom is -0.462 e. The number of ether oxygens (including phenoxy) is 3. The van der Waals surface area contributed by atoms with Gasteiger partial charge in [0.15, 0.2) is 6.10 Å². The third-order valence-corrected chi connectivity index (χ3v) is 13.4. The maximum absolute atomic E-state index is 12.8. The molecule has 0 spiro atoms. The zero-order valence-corrected chi connectivity index (χ0v) is 51.1. The van der Waals surface area contributed by atoms with Gasteiger partial charge in [-0.1, -0.05) is 301 Å². The molecule has 6 heteroatoms. The van der Waals surface area contributed by atoms with Crippen molar-refractivity contribution in [3.63, 3.8) is 0 Å². The lowest BCUT2D eigenvalue weighted by atomic mass is 10.0. The second-order valence-corrected chi connectivity index (χ2v) is 20.9. The van der Waals surface area contributed by atoms with E-state index >= 15 is 0 Å². The molecule has 0 radical (unpaired) electrons. The topological polar surface area (TPSA) is 78.9 Å². The van der Waals surface area contributed by atoms with Crippen molar-refractivity contribution < 1.29 is 28.6 Å². The van der Waals surface area contributed by atoms with Gasteiger partial charge in [0.25, 0.3) is 0 Å². The van der Waals surface area contributed by atoms with Crippen molar-refractivity contribution in [2.75, 3.05) is 13.2 Å². The minimum absolute atomic E-state index is 0.0920. The highest BCUT2D eigenvalue weighted by Gasteiger charge is 2.19. The van der Waals surface area contributed by atoms with E-state index in [9.17, 15) is 14.4 Å². The third kappa shape index (κ3) is 64.0. The number of rotatable bonds is 57. The Morgan fingerprint density at radius 2 is 0.532 bits per heavy atom. The van der Waals surface area contributed by atoms with Crippen LogP contribution in [-0.2, 0) is 28.6 Å². The average molecular weight is 1090 g/mol. The van der Waals surface area contributed by atoms with Crippen LogP contribution in [0.1, 0.15) is 278 Å². The number of hydrogen-bond donors (Lipinski definition) is 0. The van der Waals surface area contributed by atoms with Crippen LogP contribution in [0.5, 0.6) is 0 Å². The summed E-state index contributed by atoms with van der Waals surface area (Å²) in [7, 11) is 0. The third-order valence-electron chi connectivity index (χ3n) is 13.4. The highest BCUT2D eigenvalue weighted by molar-refractivity contribution is 5.72. The molecule has 0 saturated heterocycles. The van der Waals surface area contributed by atoms with Crippen molar-refractivity contribution in [3.8, 4) is 0 Å². The number of esters is 3. The standard InChI is InChI=1S/C73H118O6/c1-4-7-10-13-16-19-22-25-28-29-30-31-32-33-34-35-36-37-38-39-40-41-42-43-46-48-51-54-57-60-63-66-72(75)78-69-70(79-73(76)67-64-61-58-55-52-49-45-27-24-21-18-15-12-9-6-3)68-77-71(74)65-62-59-56-53-50-47-44-26-23-20-17-14-11-8-5-2/h7,9-10,12,16,18-19,21,25,27-28,30-31,33-34,36-37,39-40,45,52,55,61,64,70H,4-6,8,11,13-15,17,20,22-24,26,29,32,35,38,41-44,46-51,53-54,56-60,62-63,65-69H2,1-3H3/b10-7-,12-9-,19-16-,21-18-,28-25-,31-30-,34-33-,37-36-,40-39-,45-27-,55-52-,64-61-. The molecule has 0 aromatic carbocycles. The fourth-order valence-corrected chi connectivity index (χ4v) is 8.62. The molecule has 0 bridgehead atoms. The van der Waals surface area contributed by atoms with Crippen LogP contribution in [0.2, 0.25) is 0 Å². The zero-order valence-electron chi connectivity index (χ0n) is 51.1. The Balaban J connectivity index is 4.36. The molecule has 446 valence electrons. The molecule has 0 amide bonds. The lowest BCUT2D eigenvalue weighted by molar-refractivity contribution is -0.166. The van der Waals surface area contributed by atoms with E-state index in [-0.39, 0.29) is 31.6 Å². The largest absolute Gasteiger partial charge is 0.462 e. The van der Waals surface area contributed by atoms with Crippen LogP contribution in [0.25, 0.3) is 0 Å². The molecule has 0 aliphatic rings. The maximum atomic E-state index is 12.8. The van der Waals surface area contributed by atoms with Gasteiger partial charge in [0.2, 0.25) is 0 Å². The Bertz CT molecular complexity index is 1730. The number of hydrogen-bond acceptors (Lipinski definition) is 6. The predicted octanol–water partition coefficient (Wildman–Crippen LogP) is 22.3. The van der Waals surface area contributed by atoms with Crippen LogP contribution >= 0.6 is 0 Å².